The highest BCUT2D eigenvalue weighted by molar-refractivity contribution is 7.92. The van der Waals surface area contributed by atoms with Crippen LogP contribution in [-0.2, 0) is 17.1 Å². The molecule has 0 unspecified atom stereocenters. The van der Waals surface area contributed by atoms with Gasteiger partial charge < -0.3 is 0 Å². The predicted octanol–water partition coefficient (Wildman–Crippen LogP) is 2.03. The second-order valence-corrected chi connectivity index (χ2v) is 7.05. The van der Waals surface area contributed by atoms with Gasteiger partial charge in [0.05, 0.1) is 17.1 Å². The Morgan fingerprint density at radius 1 is 1.18 bits per heavy atom. The molecule has 0 fully saturated rings. The molecule has 0 amide bonds. The molecule has 0 aliphatic heterocycles. The van der Waals surface area contributed by atoms with Crippen LogP contribution in [0.25, 0.3) is 5.69 Å². The second-order valence-electron chi connectivity index (χ2n) is 5.21. The van der Waals surface area contributed by atoms with Gasteiger partial charge in [0.25, 0.3) is 5.56 Å². The second kappa shape index (κ2) is 6.39. The largest absolute Gasteiger partial charge is 0.296 e. The Morgan fingerprint density at radius 2 is 1.82 bits per heavy atom. The number of aromatic nitrogens is 2. The van der Waals surface area contributed by atoms with E-state index in [2.05, 4.69) is 4.72 Å². The molecule has 0 bridgehead atoms. The number of nitrogens with zero attached hydrogens (tertiary/aromatic N) is 2. The molecule has 22 heavy (non-hydrogen) atoms. The van der Waals surface area contributed by atoms with Crippen LogP contribution < -0.4 is 10.3 Å². The molecule has 6 nitrogen and oxygen atoms in total. The number of rotatable bonds is 6. The predicted molar refractivity (Wildman–Crippen MR) is 88.1 cm³/mol. The maximum Gasteiger partial charge on any atom is 0.296 e. The molecule has 0 aliphatic rings. The van der Waals surface area contributed by atoms with Crippen LogP contribution in [0.4, 0.5) is 5.69 Å². The summed E-state index contributed by atoms with van der Waals surface area (Å²) in [7, 11) is -1.77. The van der Waals surface area contributed by atoms with Crippen LogP contribution in [0.1, 0.15) is 25.5 Å². The van der Waals surface area contributed by atoms with Gasteiger partial charge in [-0.25, -0.2) is 13.1 Å². The van der Waals surface area contributed by atoms with Crippen LogP contribution in [0.2, 0.25) is 0 Å². The third kappa shape index (κ3) is 3.24. The number of hydrogen-bond donors (Lipinski definition) is 1. The fourth-order valence-electron chi connectivity index (χ4n) is 2.23. The highest BCUT2D eigenvalue weighted by atomic mass is 32.2. The van der Waals surface area contributed by atoms with E-state index < -0.39 is 10.0 Å². The maximum absolute atomic E-state index is 12.6. The molecule has 1 N–H and O–H groups in total. The van der Waals surface area contributed by atoms with E-state index in [4.69, 9.17) is 0 Å². The zero-order valence-corrected chi connectivity index (χ0v) is 13.9. The van der Waals surface area contributed by atoms with Crippen LogP contribution in [0, 0.1) is 6.92 Å². The minimum atomic E-state index is -3.50. The smallest absolute Gasteiger partial charge is 0.283 e. The van der Waals surface area contributed by atoms with Crippen LogP contribution >= 0.6 is 0 Å². The minimum absolute atomic E-state index is 0.0165. The number of para-hydroxylation sites is 1. The van der Waals surface area contributed by atoms with Crippen molar-refractivity contribution in [3.8, 4) is 5.69 Å². The first-order chi connectivity index (χ1) is 10.4. The number of nitrogens with one attached hydrogen (secondary N) is 1. The van der Waals surface area contributed by atoms with Gasteiger partial charge in [-0.15, -0.1) is 0 Å². The molecule has 0 radical (unpaired) electrons. The van der Waals surface area contributed by atoms with Crippen molar-refractivity contribution in [3.05, 3.63) is 46.4 Å². The zero-order valence-electron chi connectivity index (χ0n) is 13.0. The van der Waals surface area contributed by atoms with Crippen molar-refractivity contribution < 1.29 is 8.42 Å². The summed E-state index contributed by atoms with van der Waals surface area (Å²) in [5, 5.41) is 0. The number of hydrogen-bond acceptors (Lipinski definition) is 3. The molecule has 0 atom stereocenters. The first kappa shape index (κ1) is 16.4. The Kier molecular flexibility index (Phi) is 4.75. The van der Waals surface area contributed by atoms with Crippen molar-refractivity contribution in [2.75, 3.05) is 10.5 Å². The Hall–Kier alpha value is -2.02. The van der Waals surface area contributed by atoms with Gasteiger partial charge in [-0.1, -0.05) is 31.5 Å². The quantitative estimate of drug-likeness (QED) is 0.884. The topological polar surface area (TPSA) is 73.1 Å². The van der Waals surface area contributed by atoms with Gasteiger partial charge in [-0.3, -0.25) is 14.2 Å². The first-order valence-corrected chi connectivity index (χ1v) is 8.87. The fourth-order valence-corrected chi connectivity index (χ4v) is 3.54. The van der Waals surface area contributed by atoms with E-state index in [-0.39, 0.29) is 17.0 Å². The molecule has 7 heteroatoms. The summed E-state index contributed by atoms with van der Waals surface area (Å²) < 4.78 is 29.6. The average molecular weight is 323 g/mol. The number of benzene rings is 1. The molecule has 1 heterocycles. The highest BCUT2D eigenvalue weighted by Crippen LogP contribution is 2.15. The van der Waals surface area contributed by atoms with E-state index in [0.29, 0.717) is 17.8 Å². The normalized spacial score (nSPS) is 11.6. The van der Waals surface area contributed by atoms with Gasteiger partial charge in [-0.2, -0.15) is 0 Å². The summed E-state index contributed by atoms with van der Waals surface area (Å²) in [4.78, 5) is 12.6. The minimum Gasteiger partial charge on any atom is -0.283 e. The monoisotopic (exact) mass is 323 g/mol. The Balaban J connectivity index is 2.46. The standard InChI is InChI=1S/C15H21N3O3S/c1-4-5-11-22(20,21)16-14-12(2)17(3)18(15(14)19)13-9-7-6-8-10-13/h6-10,16H,4-5,11H2,1-3H3. The van der Waals surface area contributed by atoms with Gasteiger partial charge in [0, 0.05) is 7.05 Å². The van der Waals surface area contributed by atoms with Crippen LogP contribution in [-0.4, -0.2) is 23.5 Å². The van der Waals surface area contributed by atoms with Gasteiger partial charge in [0.1, 0.15) is 5.69 Å². The van der Waals surface area contributed by atoms with E-state index >= 15 is 0 Å². The van der Waals surface area contributed by atoms with E-state index in [1.54, 1.807) is 30.8 Å². The number of unbranched alkanes of at least 4 members (excludes halogenated alkanes) is 1. The van der Waals surface area contributed by atoms with Gasteiger partial charge in [-0.05, 0) is 25.5 Å². The summed E-state index contributed by atoms with van der Waals surface area (Å²) in [5.74, 6) is 0.0165. The summed E-state index contributed by atoms with van der Waals surface area (Å²) in [6, 6.07) is 9.12. The molecule has 120 valence electrons. The molecule has 2 aromatic rings. The lowest BCUT2D eigenvalue weighted by molar-refractivity contribution is 0.597. The molecule has 1 aromatic carbocycles. The van der Waals surface area contributed by atoms with Crippen molar-refractivity contribution in [1.29, 1.82) is 0 Å². The molecule has 0 saturated heterocycles. The first-order valence-electron chi connectivity index (χ1n) is 7.22. The summed E-state index contributed by atoms with van der Waals surface area (Å²) in [6.07, 6.45) is 1.34. The Bertz CT molecular complexity index is 805. The molecule has 0 spiro atoms. The summed E-state index contributed by atoms with van der Waals surface area (Å²) in [5.41, 5.74) is 1.01. The molecule has 0 aliphatic carbocycles. The lowest BCUT2D eigenvalue weighted by Crippen LogP contribution is -2.24. The molecule has 1 aromatic heterocycles. The van der Waals surface area contributed by atoms with Crippen LogP contribution in [0.15, 0.2) is 35.1 Å². The SMILES string of the molecule is CCCCS(=O)(=O)Nc1c(C)n(C)n(-c2ccccc2)c1=O. The molecule has 2 rings (SSSR count). The lowest BCUT2D eigenvalue weighted by Gasteiger charge is -2.07. The number of sulfonamides is 1. The Morgan fingerprint density at radius 3 is 2.41 bits per heavy atom. The van der Waals surface area contributed by atoms with Crippen molar-refractivity contribution in [2.24, 2.45) is 7.05 Å². The summed E-state index contributed by atoms with van der Waals surface area (Å²) in [6.45, 7) is 3.64. The van der Waals surface area contributed by atoms with Crippen molar-refractivity contribution >= 4 is 15.7 Å². The molecule has 0 saturated carbocycles. The van der Waals surface area contributed by atoms with Gasteiger partial charge in [0.2, 0.25) is 10.0 Å². The van der Waals surface area contributed by atoms with Gasteiger partial charge in [0.15, 0.2) is 0 Å². The number of anilines is 1. The molecular formula is C15H21N3O3S. The van der Waals surface area contributed by atoms with Crippen LogP contribution in [0.3, 0.4) is 0 Å². The highest BCUT2D eigenvalue weighted by Gasteiger charge is 2.20. The fraction of sp³-hybridized carbons (Fsp3) is 0.400. The van der Waals surface area contributed by atoms with Gasteiger partial charge >= 0.3 is 0 Å². The Labute approximate surface area is 130 Å². The van der Waals surface area contributed by atoms with E-state index in [9.17, 15) is 13.2 Å². The third-order valence-electron chi connectivity index (χ3n) is 3.58. The maximum atomic E-state index is 12.6. The zero-order chi connectivity index (χ0) is 16.3. The van der Waals surface area contributed by atoms with E-state index in [1.165, 1.54) is 4.68 Å². The van der Waals surface area contributed by atoms with Crippen molar-refractivity contribution in [1.82, 2.24) is 9.36 Å². The van der Waals surface area contributed by atoms with Crippen LogP contribution in [0.5, 0.6) is 0 Å². The lowest BCUT2D eigenvalue weighted by atomic mass is 10.3. The third-order valence-corrected chi connectivity index (χ3v) is 4.92. The molecular weight excluding hydrogens is 302 g/mol. The average Bonchev–Trinajstić information content (AvgIpc) is 2.70. The van der Waals surface area contributed by atoms with E-state index in [0.717, 1.165) is 6.42 Å². The van der Waals surface area contributed by atoms with Crippen molar-refractivity contribution in [2.45, 2.75) is 26.7 Å². The van der Waals surface area contributed by atoms with E-state index in [1.807, 2.05) is 25.1 Å². The van der Waals surface area contributed by atoms with Crippen molar-refractivity contribution in [3.63, 3.8) is 0 Å². The summed E-state index contributed by atoms with van der Waals surface area (Å²) >= 11 is 0.